The molecule has 0 aliphatic heterocycles. The molecule has 0 saturated heterocycles. The number of hydrogen-bond acceptors (Lipinski definition) is 2. The van der Waals surface area contributed by atoms with Crippen molar-refractivity contribution in [2.24, 2.45) is 5.92 Å². The summed E-state index contributed by atoms with van der Waals surface area (Å²) in [6, 6.07) is 10.6. The highest BCUT2D eigenvalue weighted by Gasteiger charge is 2.18. The number of anilines is 1. The predicted octanol–water partition coefficient (Wildman–Crippen LogP) is 5.52. The zero-order chi connectivity index (χ0) is 13.1. The molecule has 1 aromatic heterocycles. The van der Waals surface area contributed by atoms with E-state index >= 15 is 0 Å². The van der Waals surface area contributed by atoms with Crippen molar-refractivity contribution >= 4 is 28.6 Å². The minimum Gasteiger partial charge on any atom is -0.376 e. The summed E-state index contributed by atoms with van der Waals surface area (Å²) in [6.45, 7) is 6.53. The Morgan fingerprint density at radius 2 is 1.94 bits per heavy atom. The molecule has 0 aliphatic rings. The number of para-hydroxylation sites is 1. The van der Waals surface area contributed by atoms with Gasteiger partial charge in [-0.15, -0.1) is 11.3 Å². The van der Waals surface area contributed by atoms with Crippen molar-refractivity contribution in [3.05, 3.63) is 51.2 Å². The molecule has 0 spiro atoms. The molecule has 1 aromatic carbocycles. The molecule has 0 radical (unpaired) electrons. The van der Waals surface area contributed by atoms with Crippen LogP contribution in [0.1, 0.15) is 30.3 Å². The summed E-state index contributed by atoms with van der Waals surface area (Å²) < 4.78 is 0. The standard InChI is InChI=1S/C15H18ClNS/c1-10(2)14(13-8-5-9-18-13)17-15-11(3)6-4-7-12(15)16/h4-10,14,17H,1-3H3. The number of benzene rings is 1. The van der Waals surface area contributed by atoms with Gasteiger partial charge in [0.2, 0.25) is 0 Å². The van der Waals surface area contributed by atoms with Crippen LogP contribution in [0, 0.1) is 12.8 Å². The van der Waals surface area contributed by atoms with Crippen molar-refractivity contribution in [2.45, 2.75) is 26.8 Å². The third kappa shape index (κ3) is 2.88. The van der Waals surface area contributed by atoms with E-state index in [0.29, 0.717) is 12.0 Å². The van der Waals surface area contributed by atoms with Crippen LogP contribution >= 0.6 is 22.9 Å². The first-order valence-corrected chi connectivity index (χ1v) is 7.40. The highest BCUT2D eigenvalue weighted by molar-refractivity contribution is 7.10. The van der Waals surface area contributed by atoms with Gasteiger partial charge in [-0.2, -0.15) is 0 Å². The van der Waals surface area contributed by atoms with Gasteiger partial charge in [0.05, 0.1) is 16.8 Å². The molecule has 0 amide bonds. The zero-order valence-corrected chi connectivity index (χ0v) is 12.5. The molecule has 3 heteroatoms. The number of halogens is 1. The molecule has 18 heavy (non-hydrogen) atoms. The van der Waals surface area contributed by atoms with Crippen LogP contribution in [-0.4, -0.2) is 0 Å². The molecule has 1 unspecified atom stereocenters. The lowest BCUT2D eigenvalue weighted by atomic mass is 10.0. The second kappa shape index (κ2) is 5.77. The van der Waals surface area contributed by atoms with E-state index in [1.54, 1.807) is 11.3 Å². The molecule has 0 fully saturated rings. The third-order valence-electron chi connectivity index (χ3n) is 3.04. The highest BCUT2D eigenvalue weighted by Crippen LogP contribution is 2.34. The van der Waals surface area contributed by atoms with Crippen LogP contribution < -0.4 is 5.32 Å². The van der Waals surface area contributed by atoms with Crippen LogP contribution in [0.2, 0.25) is 5.02 Å². The van der Waals surface area contributed by atoms with Gasteiger partial charge in [-0.25, -0.2) is 0 Å². The lowest BCUT2D eigenvalue weighted by Crippen LogP contribution is -2.16. The molecule has 1 atom stereocenters. The van der Waals surface area contributed by atoms with Gasteiger partial charge in [-0.1, -0.05) is 43.6 Å². The van der Waals surface area contributed by atoms with Crippen molar-refractivity contribution in [1.29, 1.82) is 0 Å². The van der Waals surface area contributed by atoms with Gasteiger partial charge in [0, 0.05) is 4.88 Å². The summed E-state index contributed by atoms with van der Waals surface area (Å²) in [7, 11) is 0. The fourth-order valence-electron chi connectivity index (χ4n) is 2.00. The normalized spacial score (nSPS) is 12.7. The maximum Gasteiger partial charge on any atom is 0.0640 e. The molecule has 1 nitrogen and oxygen atoms in total. The fourth-order valence-corrected chi connectivity index (χ4v) is 3.23. The van der Waals surface area contributed by atoms with Crippen molar-refractivity contribution in [3.63, 3.8) is 0 Å². The molecule has 1 N–H and O–H groups in total. The predicted molar refractivity (Wildman–Crippen MR) is 81.7 cm³/mol. The van der Waals surface area contributed by atoms with Crippen LogP contribution in [0.3, 0.4) is 0 Å². The minimum absolute atomic E-state index is 0.309. The summed E-state index contributed by atoms with van der Waals surface area (Å²) in [5.74, 6) is 0.513. The fraction of sp³-hybridized carbons (Fsp3) is 0.333. The lowest BCUT2D eigenvalue weighted by molar-refractivity contribution is 0.553. The maximum absolute atomic E-state index is 6.28. The SMILES string of the molecule is Cc1cccc(Cl)c1NC(c1cccs1)C(C)C. The van der Waals surface area contributed by atoms with Gasteiger partial charge in [0.15, 0.2) is 0 Å². The summed E-state index contributed by atoms with van der Waals surface area (Å²) in [5.41, 5.74) is 2.23. The van der Waals surface area contributed by atoms with E-state index in [1.165, 1.54) is 10.4 Å². The van der Waals surface area contributed by atoms with Gasteiger partial charge in [-0.05, 0) is 35.9 Å². The summed E-state index contributed by atoms with van der Waals surface area (Å²) in [5, 5.41) is 6.50. The number of aryl methyl sites for hydroxylation is 1. The van der Waals surface area contributed by atoms with E-state index in [1.807, 2.05) is 12.1 Å². The zero-order valence-electron chi connectivity index (χ0n) is 10.9. The Kier molecular flexibility index (Phi) is 4.31. The van der Waals surface area contributed by atoms with Crippen LogP contribution in [0.5, 0.6) is 0 Å². The van der Waals surface area contributed by atoms with Gasteiger partial charge >= 0.3 is 0 Å². The number of hydrogen-bond donors (Lipinski definition) is 1. The van der Waals surface area contributed by atoms with E-state index in [9.17, 15) is 0 Å². The van der Waals surface area contributed by atoms with Crippen molar-refractivity contribution in [3.8, 4) is 0 Å². The molecule has 1 heterocycles. The highest BCUT2D eigenvalue weighted by atomic mass is 35.5. The van der Waals surface area contributed by atoms with Crippen molar-refractivity contribution in [2.75, 3.05) is 5.32 Å². The van der Waals surface area contributed by atoms with E-state index < -0.39 is 0 Å². The van der Waals surface area contributed by atoms with Crippen molar-refractivity contribution in [1.82, 2.24) is 0 Å². The first-order chi connectivity index (χ1) is 8.59. The summed E-state index contributed by atoms with van der Waals surface area (Å²) in [6.07, 6.45) is 0. The monoisotopic (exact) mass is 279 g/mol. The van der Waals surface area contributed by atoms with E-state index in [4.69, 9.17) is 11.6 Å². The maximum atomic E-state index is 6.28. The average Bonchev–Trinajstić information content (AvgIpc) is 2.81. The third-order valence-corrected chi connectivity index (χ3v) is 4.31. The van der Waals surface area contributed by atoms with Crippen LogP contribution in [-0.2, 0) is 0 Å². The molecule has 0 aliphatic carbocycles. The van der Waals surface area contributed by atoms with E-state index in [-0.39, 0.29) is 0 Å². The summed E-state index contributed by atoms with van der Waals surface area (Å²) in [4.78, 5) is 1.35. The van der Waals surface area contributed by atoms with Crippen LogP contribution in [0.25, 0.3) is 0 Å². The Balaban J connectivity index is 2.30. The molecular weight excluding hydrogens is 262 g/mol. The summed E-state index contributed by atoms with van der Waals surface area (Å²) >= 11 is 8.07. The topological polar surface area (TPSA) is 12.0 Å². The molecule has 2 aromatic rings. The minimum atomic E-state index is 0.309. The smallest absolute Gasteiger partial charge is 0.0640 e. The second-order valence-electron chi connectivity index (χ2n) is 4.81. The van der Waals surface area contributed by atoms with Gasteiger partial charge < -0.3 is 5.32 Å². The van der Waals surface area contributed by atoms with Gasteiger partial charge in [-0.3, -0.25) is 0 Å². The molecule has 0 bridgehead atoms. The Hall–Kier alpha value is -0.990. The first-order valence-electron chi connectivity index (χ1n) is 6.14. The Labute approximate surface area is 118 Å². The molecule has 2 rings (SSSR count). The van der Waals surface area contributed by atoms with Crippen molar-refractivity contribution < 1.29 is 0 Å². The lowest BCUT2D eigenvalue weighted by Gasteiger charge is -2.24. The molecule has 96 valence electrons. The Morgan fingerprint density at radius 3 is 2.50 bits per heavy atom. The Bertz CT molecular complexity index is 485. The average molecular weight is 280 g/mol. The Morgan fingerprint density at radius 1 is 1.17 bits per heavy atom. The van der Waals surface area contributed by atoms with E-state index in [0.717, 1.165) is 10.7 Å². The van der Waals surface area contributed by atoms with Crippen LogP contribution in [0.15, 0.2) is 35.7 Å². The molecule has 0 saturated carbocycles. The van der Waals surface area contributed by atoms with Gasteiger partial charge in [0.25, 0.3) is 0 Å². The van der Waals surface area contributed by atoms with E-state index in [2.05, 4.69) is 49.7 Å². The number of nitrogens with one attached hydrogen (secondary N) is 1. The molecular formula is C15H18ClNS. The van der Waals surface area contributed by atoms with Gasteiger partial charge in [0.1, 0.15) is 0 Å². The van der Waals surface area contributed by atoms with Crippen LogP contribution in [0.4, 0.5) is 5.69 Å². The number of thiophene rings is 1. The second-order valence-corrected chi connectivity index (χ2v) is 6.20. The number of rotatable bonds is 4. The largest absolute Gasteiger partial charge is 0.376 e. The first kappa shape index (κ1) is 13.4. The quantitative estimate of drug-likeness (QED) is 0.777.